The van der Waals surface area contributed by atoms with Crippen LogP contribution in [0.4, 0.5) is 4.39 Å². The lowest BCUT2D eigenvalue weighted by molar-refractivity contribution is 0.0935. The lowest BCUT2D eigenvalue weighted by atomic mass is 10.1. The molecule has 0 radical (unpaired) electrons. The fraction of sp³-hybridized carbons (Fsp3) is 0.278. The molecule has 0 heterocycles. The molecule has 128 valence electrons. The monoisotopic (exact) mass is 349 g/mol. The summed E-state index contributed by atoms with van der Waals surface area (Å²) in [6, 6.07) is 10.6. The van der Waals surface area contributed by atoms with Crippen molar-refractivity contribution < 1.29 is 17.6 Å². The minimum Gasteiger partial charge on any atom is -0.345 e. The van der Waals surface area contributed by atoms with Gasteiger partial charge in [0.15, 0.2) is 9.84 Å². The molecule has 1 atom stereocenters. The van der Waals surface area contributed by atoms with Crippen molar-refractivity contribution in [2.75, 3.05) is 5.75 Å². The molecule has 2 aromatic carbocycles. The minimum absolute atomic E-state index is 0.00738. The average molecular weight is 349 g/mol. The van der Waals surface area contributed by atoms with E-state index in [-0.39, 0.29) is 22.3 Å². The molecule has 24 heavy (non-hydrogen) atoms. The predicted octanol–water partition coefficient (Wildman–Crippen LogP) is 3.42. The number of carbonyl (C=O) groups is 1. The van der Waals surface area contributed by atoms with Crippen LogP contribution in [0.15, 0.2) is 47.4 Å². The van der Waals surface area contributed by atoms with Crippen molar-refractivity contribution in [3.05, 3.63) is 65.0 Å². The second-order valence-electron chi connectivity index (χ2n) is 5.60. The van der Waals surface area contributed by atoms with Crippen molar-refractivity contribution in [3.8, 4) is 0 Å². The van der Waals surface area contributed by atoms with Crippen molar-refractivity contribution in [1.29, 1.82) is 0 Å². The SMILES string of the molecule is CCS(=O)(=O)c1ccc(C(C)NC(=O)c2cccc(C)c2F)cc1. The van der Waals surface area contributed by atoms with E-state index in [0.29, 0.717) is 5.56 Å². The topological polar surface area (TPSA) is 63.2 Å². The van der Waals surface area contributed by atoms with Crippen molar-refractivity contribution in [2.45, 2.75) is 31.7 Å². The summed E-state index contributed by atoms with van der Waals surface area (Å²) in [4.78, 5) is 12.5. The van der Waals surface area contributed by atoms with Gasteiger partial charge in [0.25, 0.3) is 5.91 Å². The molecule has 4 nitrogen and oxygen atoms in total. The van der Waals surface area contributed by atoms with Crippen LogP contribution in [0.25, 0.3) is 0 Å². The Kier molecular flexibility index (Phi) is 5.39. The van der Waals surface area contributed by atoms with Crippen molar-refractivity contribution in [1.82, 2.24) is 5.32 Å². The standard InChI is InChI=1S/C18H20FNO3S/c1-4-24(22,23)15-10-8-14(9-11-15)13(3)20-18(21)16-7-5-6-12(2)17(16)19/h5-11,13H,4H2,1-3H3,(H,20,21). The van der Waals surface area contributed by atoms with Gasteiger partial charge >= 0.3 is 0 Å². The van der Waals surface area contributed by atoms with E-state index >= 15 is 0 Å². The van der Waals surface area contributed by atoms with E-state index in [9.17, 15) is 17.6 Å². The van der Waals surface area contributed by atoms with E-state index < -0.39 is 21.6 Å². The van der Waals surface area contributed by atoms with Crippen LogP contribution in [0.5, 0.6) is 0 Å². The molecular formula is C18H20FNO3S. The van der Waals surface area contributed by atoms with Gasteiger partial charge in [0.1, 0.15) is 5.82 Å². The fourth-order valence-electron chi connectivity index (χ4n) is 2.31. The van der Waals surface area contributed by atoms with Gasteiger partial charge in [-0.05, 0) is 43.2 Å². The Morgan fingerprint density at radius 1 is 1.17 bits per heavy atom. The summed E-state index contributed by atoms with van der Waals surface area (Å²) in [5.41, 5.74) is 1.14. The van der Waals surface area contributed by atoms with Crippen molar-refractivity contribution in [3.63, 3.8) is 0 Å². The molecule has 0 aliphatic heterocycles. The first-order valence-electron chi connectivity index (χ1n) is 7.65. The molecule has 0 aromatic heterocycles. The third kappa shape index (κ3) is 3.82. The van der Waals surface area contributed by atoms with E-state index in [4.69, 9.17) is 0 Å². The third-order valence-corrected chi connectivity index (χ3v) is 5.65. The molecule has 0 aliphatic carbocycles. The lowest BCUT2D eigenvalue weighted by Gasteiger charge is -2.15. The van der Waals surface area contributed by atoms with Gasteiger partial charge in [-0.2, -0.15) is 0 Å². The highest BCUT2D eigenvalue weighted by molar-refractivity contribution is 7.91. The number of rotatable bonds is 5. The van der Waals surface area contributed by atoms with Crippen LogP contribution in [-0.4, -0.2) is 20.1 Å². The number of sulfone groups is 1. The fourth-order valence-corrected chi connectivity index (χ4v) is 3.20. The highest BCUT2D eigenvalue weighted by Crippen LogP contribution is 2.19. The lowest BCUT2D eigenvalue weighted by Crippen LogP contribution is -2.27. The quantitative estimate of drug-likeness (QED) is 0.900. The summed E-state index contributed by atoms with van der Waals surface area (Å²) in [6.45, 7) is 4.94. The van der Waals surface area contributed by atoms with Gasteiger partial charge in [0.05, 0.1) is 22.3 Å². The average Bonchev–Trinajstić information content (AvgIpc) is 2.57. The summed E-state index contributed by atoms with van der Waals surface area (Å²) in [6.07, 6.45) is 0. The van der Waals surface area contributed by atoms with Crippen LogP contribution >= 0.6 is 0 Å². The zero-order valence-electron chi connectivity index (χ0n) is 13.8. The Balaban J connectivity index is 2.16. The van der Waals surface area contributed by atoms with Gasteiger partial charge in [-0.3, -0.25) is 4.79 Å². The van der Waals surface area contributed by atoms with Gasteiger partial charge in [-0.1, -0.05) is 31.2 Å². The maximum absolute atomic E-state index is 14.0. The number of amides is 1. The highest BCUT2D eigenvalue weighted by atomic mass is 32.2. The highest BCUT2D eigenvalue weighted by Gasteiger charge is 2.17. The second kappa shape index (κ2) is 7.13. The van der Waals surface area contributed by atoms with Crippen LogP contribution in [-0.2, 0) is 9.84 Å². The summed E-state index contributed by atoms with van der Waals surface area (Å²) < 4.78 is 37.6. The van der Waals surface area contributed by atoms with Crippen molar-refractivity contribution >= 4 is 15.7 Å². The van der Waals surface area contributed by atoms with Crippen molar-refractivity contribution in [2.24, 2.45) is 0 Å². The Hall–Kier alpha value is -2.21. The summed E-state index contributed by atoms with van der Waals surface area (Å²) in [7, 11) is -3.25. The zero-order valence-corrected chi connectivity index (χ0v) is 14.7. The van der Waals surface area contributed by atoms with E-state index in [1.54, 1.807) is 45.0 Å². The number of nitrogens with one attached hydrogen (secondary N) is 1. The predicted molar refractivity (Wildman–Crippen MR) is 91.2 cm³/mol. The molecule has 0 spiro atoms. The molecule has 0 aliphatic rings. The second-order valence-corrected chi connectivity index (χ2v) is 7.88. The maximum Gasteiger partial charge on any atom is 0.254 e. The number of benzene rings is 2. The van der Waals surface area contributed by atoms with Gasteiger partial charge in [-0.15, -0.1) is 0 Å². The summed E-state index contributed by atoms with van der Waals surface area (Å²) in [5, 5.41) is 2.72. The summed E-state index contributed by atoms with van der Waals surface area (Å²) >= 11 is 0. The molecule has 2 aromatic rings. The molecule has 1 unspecified atom stereocenters. The molecule has 0 saturated heterocycles. The number of carbonyl (C=O) groups excluding carboxylic acids is 1. The van der Waals surface area contributed by atoms with E-state index in [0.717, 1.165) is 5.56 Å². The van der Waals surface area contributed by atoms with Gasteiger partial charge in [-0.25, -0.2) is 12.8 Å². The maximum atomic E-state index is 14.0. The smallest absolute Gasteiger partial charge is 0.254 e. The van der Waals surface area contributed by atoms with Crippen LogP contribution < -0.4 is 5.32 Å². The molecule has 1 N–H and O–H groups in total. The van der Waals surface area contributed by atoms with Crippen LogP contribution in [0.3, 0.4) is 0 Å². The van der Waals surface area contributed by atoms with Crippen LogP contribution in [0.2, 0.25) is 0 Å². The first kappa shape index (κ1) is 18.1. The zero-order chi connectivity index (χ0) is 17.9. The Morgan fingerprint density at radius 3 is 2.38 bits per heavy atom. The molecular weight excluding hydrogens is 329 g/mol. The molecule has 0 saturated carbocycles. The van der Waals surface area contributed by atoms with Crippen LogP contribution in [0.1, 0.15) is 41.4 Å². The normalized spacial score (nSPS) is 12.7. The minimum atomic E-state index is -3.25. The van der Waals surface area contributed by atoms with Crippen LogP contribution in [0, 0.1) is 12.7 Å². The van der Waals surface area contributed by atoms with E-state index in [2.05, 4.69) is 5.32 Å². The number of hydrogen-bond donors (Lipinski definition) is 1. The molecule has 0 fully saturated rings. The van der Waals surface area contributed by atoms with E-state index in [1.165, 1.54) is 18.2 Å². The summed E-state index contributed by atoms with van der Waals surface area (Å²) in [5.74, 6) is -1.01. The molecule has 6 heteroatoms. The third-order valence-electron chi connectivity index (χ3n) is 3.90. The van der Waals surface area contributed by atoms with Gasteiger partial charge < -0.3 is 5.32 Å². The molecule has 1 amide bonds. The van der Waals surface area contributed by atoms with Gasteiger partial charge in [0.2, 0.25) is 0 Å². The Morgan fingerprint density at radius 2 is 1.79 bits per heavy atom. The first-order valence-corrected chi connectivity index (χ1v) is 9.30. The Labute approximate surface area is 141 Å². The van der Waals surface area contributed by atoms with Gasteiger partial charge in [0, 0.05) is 0 Å². The first-order chi connectivity index (χ1) is 11.3. The molecule has 0 bridgehead atoms. The number of halogens is 1. The van der Waals surface area contributed by atoms with E-state index in [1.807, 2.05) is 0 Å². The Bertz CT molecular complexity index is 845. The number of aryl methyl sites for hydroxylation is 1. The largest absolute Gasteiger partial charge is 0.345 e. The molecule has 2 rings (SSSR count). The number of hydrogen-bond acceptors (Lipinski definition) is 3.